The monoisotopic (exact) mass is 272 g/mol. The molecule has 1 aliphatic carbocycles. The van der Waals surface area contributed by atoms with Crippen molar-refractivity contribution in [2.75, 3.05) is 7.05 Å². The number of benzene rings is 1. The summed E-state index contributed by atoms with van der Waals surface area (Å²) < 4.78 is 0. The molecule has 0 saturated carbocycles. The third kappa shape index (κ3) is 3.95. The molecule has 0 saturated heterocycles. The lowest BCUT2D eigenvalue weighted by atomic mass is 10.0. The van der Waals surface area contributed by atoms with Crippen LogP contribution in [0.2, 0.25) is 0 Å². The molecule has 1 aromatic rings. The number of carbonyl (C=O) groups is 2. The van der Waals surface area contributed by atoms with Crippen LogP contribution in [0.3, 0.4) is 0 Å². The van der Waals surface area contributed by atoms with E-state index >= 15 is 0 Å². The van der Waals surface area contributed by atoms with E-state index in [1.807, 2.05) is 12.1 Å². The zero-order valence-corrected chi connectivity index (χ0v) is 11.7. The fourth-order valence-corrected chi connectivity index (χ4v) is 2.34. The van der Waals surface area contributed by atoms with Crippen LogP contribution in [0.4, 0.5) is 0 Å². The lowest BCUT2D eigenvalue weighted by molar-refractivity contribution is -0.121. The maximum absolute atomic E-state index is 11.8. The minimum absolute atomic E-state index is 0.0619. The third-order valence-corrected chi connectivity index (χ3v) is 3.47. The zero-order valence-electron chi connectivity index (χ0n) is 11.7. The van der Waals surface area contributed by atoms with Crippen molar-refractivity contribution in [2.24, 2.45) is 5.92 Å². The van der Waals surface area contributed by atoms with Crippen LogP contribution in [0, 0.1) is 5.92 Å². The average Bonchev–Trinajstić information content (AvgIpc) is 2.97. The number of nitrogens with one attached hydrogen (secondary N) is 2. The van der Waals surface area contributed by atoms with Crippen LogP contribution < -0.4 is 10.6 Å². The maximum atomic E-state index is 11.8. The highest BCUT2D eigenvalue weighted by Gasteiger charge is 2.13. The molecule has 1 atom stereocenters. The highest BCUT2D eigenvalue weighted by molar-refractivity contribution is 5.94. The zero-order chi connectivity index (χ0) is 14.4. The largest absolute Gasteiger partial charge is 0.355 e. The molecule has 2 rings (SSSR count). The van der Waals surface area contributed by atoms with Crippen LogP contribution in [0.25, 0.3) is 0 Å². The first-order valence-corrected chi connectivity index (χ1v) is 6.93. The number of amides is 2. The second kappa shape index (κ2) is 6.89. The Bertz CT molecular complexity index is 523. The Morgan fingerprint density at radius 2 is 2.20 bits per heavy atom. The van der Waals surface area contributed by atoms with E-state index in [0.29, 0.717) is 24.4 Å². The van der Waals surface area contributed by atoms with Crippen molar-refractivity contribution in [1.82, 2.24) is 10.6 Å². The van der Waals surface area contributed by atoms with Crippen molar-refractivity contribution in [1.29, 1.82) is 0 Å². The Labute approximate surface area is 119 Å². The lowest BCUT2D eigenvalue weighted by Crippen LogP contribution is -2.24. The number of hydrogen-bond acceptors (Lipinski definition) is 2. The molecule has 0 bridgehead atoms. The van der Waals surface area contributed by atoms with Crippen molar-refractivity contribution >= 4 is 11.8 Å². The number of carbonyl (C=O) groups excluding carboxylic acids is 2. The Kier molecular flexibility index (Phi) is 4.93. The van der Waals surface area contributed by atoms with E-state index in [-0.39, 0.29) is 11.8 Å². The van der Waals surface area contributed by atoms with Crippen LogP contribution in [0.1, 0.15) is 35.2 Å². The van der Waals surface area contributed by atoms with E-state index in [2.05, 4.69) is 22.8 Å². The molecule has 0 aromatic heterocycles. The van der Waals surface area contributed by atoms with Crippen molar-refractivity contribution < 1.29 is 9.59 Å². The fourth-order valence-electron chi connectivity index (χ4n) is 2.34. The summed E-state index contributed by atoms with van der Waals surface area (Å²) in [7, 11) is 1.60. The van der Waals surface area contributed by atoms with Gasteiger partial charge in [-0.1, -0.05) is 24.3 Å². The van der Waals surface area contributed by atoms with Crippen LogP contribution in [-0.4, -0.2) is 18.9 Å². The van der Waals surface area contributed by atoms with E-state index in [1.54, 1.807) is 19.2 Å². The summed E-state index contributed by atoms with van der Waals surface area (Å²) in [5.41, 5.74) is 1.54. The van der Waals surface area contributed by atoms with Crippen molar-refractivity contribution in [3.05, 3.63) is 47.5 Å². The Balaban J connectivity index is 1.85. The van der Waals surface area contributed by atoms with Gasteiger partial charge in [0.2, 0.25) is 5.91 Å². The van der Waals surface area contributed by atoms with Crippen molar-refractivity contribution in [2.45, 2.75) is 25.8 Å². The highest BCUT2D eigenvalue weighted by atomic mass is 16.2. The topological polar surface area (TPSA) is 58.2 Å². The summed E-state index contributed by atoms with van der Waals surface area (Å²) in [4.78, 5) is 23.4. The summed E-state index contributed by atoms with van der Waals surface area (Å²) >= 11 is 0. The fraction of sp³-hybridized carbons (Fsp3) is 0.375. The van der Waals surface area contributed by atoms with Crippen LogP contribution >= 0.6 is 0 Å². The second-order valence-corrected chi connectivity index (χ2v) is 5.03. The Hall–Kier alpha value is -2.10. The normalized spacial score (nSPS) is 16.9. The first-order valence-electron chi connectivity index (χ1n) is 6.93. The van der Waals surface area contributed by atoms with Gasteiger partial charge in [0.05, 0.1) is 0 Å². The maximum Gasteiger partial charge on any atom is 0.251 e. The third-order valence-electron chi connectivity index (χ3n) is 3.47. The van der Waals surface area contributed by atoms with E-state index in [4.69, 9.17) is 0 Å². The van der Waals surface area contributed by atoms with Gasteiger partial charge < -0.3 is 10.6 Å². The standard InChI is InChI=1S/C16H20N2O2/c1-17-16(20)14-8-4-7-13(9-14)11-18-15(19)10-12-5-2-3-6-12/h2,4-5,7-9,12H,3,6,10-11H2,1H3,(H,17,20)(H,18,19)/t12-/m0/s1. The van der Waals surface area contributed by atoms with Gasteiger partial charge >= 0.3 is 0 Å². The first kappa shape index (κ1) is 14.3. The lowest BCUT2D eigenvalue weighted by Gasteiger charge is -2.09. The van der Waals surface area contributed by atoms with Gasteiger partial charge in [0.1, 0.15) is 0 Å². The van der Waals surface area contributed by atoms with Crippen LogP contribution in [-0.2, 0) is 11.3 Å². The molecule has 0 spiro atoms. The molecule has 0 radical (unpaired) electrons. The van der Waals surface area contributed by atoms with E-state index < -0.39 is 0 Å². The number of allylic oxidation sites excluding steroid dienone is 2. The molecular weight excluding hydrogens is 252 g/mol. The Morgan fingerprint density at radius 1 is 1.35 bits per heavy atom. The van der Waals surface area contributed by atoms with Gasteiger partial charge in [0.15, 0.2) is 0 Å². The average molecular weight is 272 g/mol. The molecule has 4 heteroatoms. The minimum Gasteiger partial charge on any atom is -0.355 e. The molecule has 0 fully saturated rings. The molecule has 0 heterocycles. The number of rotatable bonds is 5. The molecule has 1 aliphatic rings. The summed E-state index contributed by atoms with van der Waals surface area (Å²) in [5, 5.41) is 5.49. The van der Waals surface area contributed by atoms with E-state index in [9.17, 15) is 9.59 Å². The highest BCUT2D eigenvalue weighted by Crippen LogP contribution is 2.20. The van der Waals surface area contributed by atoms with Gasteiger partial charge in [0, 0.05) is 25.6 Å². The summed E-state index contributed by atoms with van der Waals surface area (Å²) in [6.45, 7) is 0.458. The van der Waals surface area contributed by atoms with Gasteiger partial charge in [-0.2, -0.15) is 0 Å². The number of hydrogen-bond donors (Lipinski definition) is 2. The molecule has 0 aliphatic heterocycles. The van der Waals surface area contributed by atoms with Crippen molar-refractivity contribution in [3.8, 4) is 0 Å². The van der Waals surface area contributed by atoms with Gasteiger partial charge in [-0.15, -0.1) is 0 Å². The quantitative estimate of drug-likeness (QED) is 0.806. The predicted octanol–water partition coefficient (Wildman–Crippen LogP) is 2.02. The first-order chi connectivity index (χ1) is 9.69. The predicted molar refractivity (Wildman–Crippen MR) is 78.2 cm³/mol. The molecule has 1 aromatic carbocycles. The smallest absolute Gasteiger partial charge is 0.251 e. The molecule has 2 amide bonds. The molecule has 0 unspecified atom stereocenters. The molecule has 106 valence electrons. The molecular formula is C16H20N2O2. The SMILES string of the molecule is CNC(=O)c1cccc(CNC(=O)C[C@H]2C=CCC2)c1. The summed E-state index contributed by atoms with van der Waals surface area (Å²) in [6.07, 6.45) is 6.94. The molecule has 4 nitrogen and oxygen atoms in total. The summed E-state index contributed by atoms with van der Waals surface area (Å²) in [5.74, 6) is 0.327. The van der Waals surface area contributed by atoms with Crippen molar-refractivity contribution in [3.63, 3.8) is 0 Å². The van der Waals surface area contributed by atoms with Gasteiger partial charge in [-0.05, 0) is 36.5 Å². The van der Waals surface area contributed by atoms with Crippen LogP contribution in [0.5, 0.6) is 0 Å². The Morgan fingerprint density at radius 3 is 2.90 bits per heavy atom. The van der Waals surface area contributed by atoms with E-state index in [0.717, 1.165) is 18.4 Å². The minimum atomic E-state index is -0.116. The van der Waals surface area contributed by atoms with Gasteiger partial charge in [-0.3, -0.25) is 9.59 Å². The van der Waals surface area contributed by atoms with Gasteiger partial charge in [0.25, 0.3) is 5.91 Å². The van der Waals surface area contributed by atoms with Crippen LogP contribution in [0.15, 0.2) is 36.4 Å². The second-order valence-electron chi connectivity index (χ2n) is 5.03. The van der Waals surface area contributed by atoms with Gasteiger partial charge in [-0.25, -0.2) is 0 Å². The van der Waals surface area contributed by atoms with E-state index in [1.165, 1.54) is 0 Å². The summed E-state index contributed by atoms with van der Waals surface area (Å²) in [6, 6.07) is 7.29. The molecule has 2 N–H and O–H groups in total. The molecule has 20 heavy (non-hydrogen) atoms.